The van der Waals surface area contributed by atoms with Crippen molar-refractivity contribution in [1.29, 1.82) is 0 Å². The molecule has 0 aliphatic heterocycles. The minimum atomic E-state index is -0.235. The lowest BCUT2D eigenvalue weighted by molar-refractivity contribution is -0.127. The second kappa shape index (κ2) is 2.73. The highest BCUT2D eigenvalue weighted by Gasteiger charge is 2.67. The maximum Gasteiger partial charge on any atom is 0.157 e. The summed E-state index contributed by atoms with van der Waals surface area (Å²) in [6.07, 6.45) is 2.13. The number of fused-ring (bicyclic) bond motifs is 2. The second-order valence-corrected chi connectivity index (χ2v) is 5.83. The van der Waals surface area contributed by atoms with Crippen molar-refractivity contribution in [2.24, 2.45) is 16.7 Å². The predicted octanol–water partition coefficient (Wildman–Crippen LogP) is 2.99. The van der Waals surface area contributed by atoms with E-state index in [4.69, 9.17) is 11.6 Å². The summed E-state index contributed by atoms with van der Waals surface area (Å²) in [4.78, 5) is 11.9. The van der Waals surface area contributed by atoms with Gasteiger partial charge in [-0.05, 0) is 24.2 Å². The summed E-state index contributed by atoms with van der Waals surface area (Å²) in [6, 6.07) is 0. The fraction of sp³-hybridized carbons (Fsp3) is 0.900. The molecule has 1 nitrogen and oxygen atoms in total. The van der Waals surface area contributed by atoms with Crippen molar-refractivity contribution in [3.63, 3.8) is 0 Å². The molecule has 4 atom stereocenters. The Morgan fingerprint density at radius 3 is 2.54 bits per heavy atom. The standard InChI is InChI=1S/C10H14BrClO/c1-9-4-3-6(7(12)8(9)13)10(9,2)5-11/h6-7H,3-5H2,1-2H3. The molecule has 13 heavy (non-hydrogen) atoms. The van der Waals surface area contributed by atoms with E-state index >= 15 is 0 Å². The van der Waals surface area contributed by atoms with E-state index in [0.29, 0.717) is 5.92 Å². The lowest BCUT2D eigenvalue weighted by atomic mass is 9.70. The molecule has 2 bridgehead atoms. The Hall–Kier alpha value is 0.440. The van der Waals surface area contributed by atoms with E-state index in [-0.39, 0.29) is 22.0 Å². The number of hydrogen-bond donors (Lipinski definition) is 0. The molecule has 0 saturated heterocycles. The Kier molecular flexibility index (Phi) is 2.09. The van der Waals surface area contributed by atoms with Crippen molar-refractivity contribution < 1.29 is 4.79 Å². The maximum atomic E-state index is 11.9. The molecule has 0 N–H and O–H groups in total. The molecule has 0 spiro atoms. The quantitative estimate of drug-likeness (QED) is 0.666. The van der Waals surface area contributed by atoms with E-state index in [1.807, 2.05) is 0 Å². The van der Waals surface area contributed by atoms with E-state index in [0.717, 1.165) is 18.2 Å². The van der Waals surface area contributed by atoms with E-state index in [2.05, 4.69) is 29.8 Å². The van der Waals surface area contributed by atoms with Gasteiger partial charge in [-0.3, -0.25) is 4.79 Å². The van der Waals surface area contributed by atoms with Gasteiger partial charge >= 0.3 is 0 Å². The molecule has 2 aliphatic rings. The van der Waals surface area contributed by atoms with Crippen LogP contribution in [0.4, 0.5) is 0 Å². The van der Waals surface area contributed by atoms with Crippen LogP contribution in [0.5, 0.6) is 0 Å². The van der Waals surface area contributed by atoms with Crippen LogP contribution < -0.4 is 0 Å². The number of hydrogen-bond acceptors (Lipinski definition) is 1. The van der Waals surface area contributed by atoms with Crippen molar-refractivity contribution in [3.8, 4) is 0 Å². The Bertz CT molecular complexity index is 268. The molecule has 0 heterocycles. The zero-order chi connectivity index (χ0) is 9.85. The Morgan fingerprint density at radius 1 is 1.62 bits per heavy atom. The topological polar surface area (TPSA) is 17.1 Å². The molecule has 2 fully saturated rings. The fourth-order valence-corrected chi connectivity index (χ4v) is 4.74. The predicted molar refractivity (Wildman–Crippen MR) is 57.4 cm³/mol. The Balaban J connectivity index is 2.49. The van der Waals surface area contributed by atoms with E-state index in [1.165, 1.54) is 0 Å². The molecule has 0 aromatic rings. The fourth-order valence-electron chi connectivity index (χ4n) is 3.07. The summed E-state index contributed by atoms with van der Waals surface area (Å²) in [7, 11) is 0. The zero-order valence-electron chi connectivity index (χ0n) is 7.94. The van der Waals surface area contributed by atoms with Crippen LogP contribution in [0.3, 0.4) is 0 Å². The summed E-state index contributed by atoms with van der Waals surface area (Å²) in [5.74, 6) is 0.651. The number of carbonyl (C=O) groups excluding carboxylic acids is 1. The minimum Gasteiger partial charge on any atom is -0.297 e. The van der Waals surface area contributed by atoms with Gasteiger partial charge in [0.2, 0.25) is 0 Å². The molecular formula is C10H14BrClO. The Labute approximate surface area is 92.3 Å². The van der Waals surface area contributed by atoms with Crippen molar-refractivity contribution in [1.82, 2.24) is 0 Å². The van der Waals surface area contributed by atoms with Gasteiger partial charge < -0.3 is 0 Å². The lowest BCUT2D eigenvalue weighted by Crippen LogP contribution is -2.36. The van der Waals surface area contributed by atoms with Gasteiger partial charge in [-0.15, -0.1) is 11.6 Å². The van der Waals surface area contributed by atoms with Crippen molar-refractivity contribution >= 4 is 33.3 Å². The van der Waals surface area contributed by atoms with E-state index in [1.54, 1.807) is 0 Å². The van der Waals surface area contributed by atoms with Gasteiger partial charge in [0.15, 0.2) is 5.78 Å². The van der Waals surface area contributed by atoms with Crippen LogP contribution in [0, 0.1) is 16.7 Å². The minimum absolute atomic E-state index is 0.0799. The highest BCUT2D eigenvalue weighted by atomic mass is 79.9. The first-order valence-electron chi connectivity index (χ1n) is 4.72. The summed E-state index contributed by atoms with van der Waals surface area (Å²) >= 11 is 9.67. The first-order chi connectivity index (χ1) is 5.97. The first kappa shape index (κ1) is 9.97. The molecule has 2 rings (SSSR count). The normalized spacial score (nSPS) is 54.6. The van der Waals surface area contributed by atoms with Gasteiger partial charge in [-0.25, -0.2) is 0 Å². The maximum absolute atomic E-state index is 11.9. The summed E-state index contributed by atoms with van der Waals surface area (Å²) < 4.78 is 0. The number of halogens is 2. The molecular weight excluding hydrogens is 251 g/mol. The van der Waals surface area contributed by atoms with Crippen LogP contribution in [0.2, 0.25) is 0 Å². The summed E-state index contributed by atoms with van der Waals surface area (Å²) in [6.45, 7) is 4.28. The van der Waals surface area contributed by atoms with Crippen LogP contribution >= 0.6 is 27.5 Å². The third kappa shape index (κ3) is 0.918. The smallest absolute Gasteiger partial charge is 0.157 e. The molecule has 4 unspecified atom stereocenters. The van der Waals surface area contributed by atoms with Crippen LogP contribution in [0.25, 0.3) is 0 Å². The number of rotatable bonds is 1. The average molecular weight is 266 g/mol. The summed E-state index contributed by atoms with van der Waals surface area (Å²) in [5.41, 5.74) is -0.0932. The van der Waals surface area contributed by atoms with Crippen LogP contribution in [0.15, 0.2) is 0 Å². The second-order valence-electron chi connectivity index (χ2n) is 4.79. The molecule has 3 heteroatoms. The summed E-state index contributed by atoms with van der Waals surface area (Å²) in [5, 5.41) is 0.650. The molecule has 0 aromatic carbocycles. The van der Waals surface area contributed by atoms with Crippen molar-refractivity contribution in [3.05, 3.63) is 0 Å². The number of ketones is 1. The van der Waals surface area contributed by atoms with Gasteiger partial charge in [0.1, 0.15) is 0 Å². The van der Waals surface area contributed by atoms with Gasteiger partial charge in [0.05, 0.1) is 5.38 Å². The van der Waals surface area contributed by atoms with Crippen LogP contribution in [0.1, 0.15) is 26.7 Å². The third-order valence-electron chi connectivity index (χ3n) is 4.46. The molecule has 2 saturated carbocycles. The van der Waals surface area contributed by atoms with Crippen LogP contribution in [-0.2, 0) is 4.79 Å². The van der Waals surface area contributed by atoms with Gasteiger partial charge in [-0.2, -0.15) is 0 Å². The highest BCUT2D eigenvalue weighted by molar-refractivity contribution is 9.09. The average Bonchev–Trinajstić information content (AvgIpc) is 2.44. The van der Waals surface area contributed by atoms with E-state index in [9.17, 15) is 4.79 Å². The first-order valence-corrected chi connectivity index (χ1v) is 6.27. The highest BCUT2D eigenvalue weighted by Crippen LogP contribution is 2.65. The molecule has 0 amide bonds. The number of alkyl halides is 2. The van der Waals surface area contributed by atoms with Crippen molar-refractivity contribution in [2.45, 2.75) is 32.1 Å². The van der Waals surface area contributed by atoms with Crippen LogP contribution in [-0.4, -0.2) is 16.5 Å². The van der Waals surface area contributed by atoms with Gasteiger partial charge in [0, 0.05) is 10.7 Å². The van der Waals surface area contributed by atoms with E-state index < -0.39 is 0 Å². The Morgan fingerprint density at radius 2 is 2.23 bits per heavy atom. The molecule has 0 aromatic heterocycles. The molecule has 0 radical (unpaired) electrons. The number of carbonyl (C=O) groups is 1. The largest absolute Gasteiger partial charge is 0.297 e. The van der Waals surface area contributed by atoms with Gasteiger partial charge in [-0.1, -0.05) is 29.8 Å². The van der Waals surface area contributed by atoms with Crippen molar-refractivity contribution in [2.75, 3.05) is 5.33 Å². The van der Waals surface area contributed by atoms with Gasteiger partial charge in [0.25, 0.3) is 0 Å². The third-order valence-corrected chi connectivity index (χ3v) is 6.13. The SMILES string of the molecule is CC12CCC(C(Cl)C1=O)C2(C)CBr. The monoisotopic (exact) mass is 264 g/mol. The lowest BCUT2D eigenvalue weighted by Gasteiger charge is -2.34. The number of Topliss-reactive ketones (excluding diaryl/α,β-unsaturated/α-hetero) is 1. The molecule has 74 valence electrons. The molecule has 2 aliphatic carbocycles. The zero-order valence-corrected chi connectivity index (χ0v) is 10.3.